The topological polar surface area (TPSA) is 46.5 Å². The van der Waals surface area contributed by atoms with E-state index < -0.39 is 0 Å². The van der Waals surface area contributed by atoms with E-state index in [0.717, 1.165) is 22.3 Å². The molecule has 0 heterocycles. The van der Waals surface area contributed by atoms with Crippen molar-refractivity contribution in [2.45, 2.75) is 33.1 Å². The van der Waals surface area contributed by atoms with E-state index in [0.29, 0.717) is 18.0 Å². The van der Waals surface area contributed by atoms with Crippen molar-refractivity contribution < 1.29 is 14.6 Å². The van der Waals surface area contributed by atoms with E-state index in [4.69, 9.17) is 4.74 Å². The van der Waals surface area contributed by atoms with Gasteiger partial charge in [-0.1, -0.05) is 38.1 Å². The minimum atomic E-state index is -0.205. The third kappa shape index (κ3) is 2.92. The fourth-order valence-corrected chi connectivity index (χ4v) is 2.43. The number of hydrogen-bond acceptors (Lipinski definition) is 3. The van der Waals surface area contributed by atoms with E-state index in [1.807, 2.05) is 44.2 Å². The van der Waals surface area contributed by atoms with E-state index in [-0.39, 0.29) is 5.41 Å². The Balaban J connectivity index is 2.45. The fourth-order valence-electron chi connectivity index (χ4n) is 2.43. The van der Waals surface area contributed by atoms with Gasteiger partial charge in [0.15, 0.2) is 0 Å². The Bertz CT molecular complexity index is 672. The van der Waals surface area contributed by atoms with Crippen molar-refractivity contribution in [3.63, 3.8) is 0 Å². The van der Waals surface area contributed by atoms with Crippen LogP contribution in [0.4, 0.5) is 0 Å². The van der Waals surface area contributed by atoms with Gasteiger partial charge in [0.1, 0.15) is 11.5 Å². The Labute approximate surface area is 125 Å². The molecule has 0 atom stereocenters. The molecular weight excluding hydrogens is 264 g/mol. The van der Waals surface area contributed by atoms with Crippen LogP contribution >= 0.6 is 0 Å². The lowest BCUT2D eigenvalue weighted by atomic mass is 9.77. The molecule has 0 saturated heterocycles. The van der Waals surface area contributed by atoms with Gasteiger partial charge in [-0.25, -0.2) is 0 Å². The molecule has 1 N–H and O–H groups in total. The van der Waals surface area contributed by atoms with Crippen molar-refractivity contribution in [1.82, 2.24) is 0 Å². The van der Waals surface area contributed by atoms with Crippen LogP contribution in [0.15, 0.2) is 36.4 Å². The maximum atomic E-state index is 10.5. The maximum Gasteiger partial charge on any atom is 0.298 e. The number of ether oxygens (including phenoxy) is 1. The van der Waals surface area contributed by atoms with Crippen molar-refractivity contribution in [3.05, 3.63) is 58.7 Å². The quantitative estimate of drug-likeness (QED) is 0.867. The molecule has 0 spiro atoms. The Morgan fingerprint density at radius 2 is 1.57 bits per heavy atom. The highest BCUT2D eigenvalue weighted by Crippen LogP contribution is 2.35. The number of hydrogen-bond donors (Lipinski definition) is 1. The van der Waals surface area contributed by atoms with Crippen LogP contribution in [0.1, 0.15) is 36.1 Å². The van der Waals surface area contributed by atoms with Gasteiger partial charge in [0.2, 0.25) is 0 Å². The van der Waals surface area contributed by atoms with Crippen molar-refractivity contribution >= 4 is 6.47 Å². The molecule has 3 nitrogen and oxygen atoms in total. The predicted octanol–water partition coefficient (Wildman–Crippen LogP) is 3.87. The first-order chi connectivity index (χ1) is 9.86. The molecule has 3 heteroatoms. The molecule has 2 aromatic rings. The molecule has 0 amide bonds. The molecule has 0 unspecified atom stereocenters. The van der Waals surface area contributed by atoms with Crippen LogP contribution in [-0.2, 0) is 10.2 Å². The summed E-state index contributed by atoms with van der Waals surface area (Å²) in [6.07, 6.45) is 0. The van der Waals surface area contributed by atoms with E-state index in [9.17, 15) is 9.90 Å². The summed E-state index contributed by atoms with van der Waals surface area (Å²) < 4.78 is 4.93. The average molecular weight is 284 g/mol. The van der Waals surface area contributed by atoms with E-state index in [1.54, 1.807) is 6.07 Å². The van der Waals surface area contributed by atoms with Crippen molar-refractivity contribution in [1.29, 1.82) is 0 Å². The minimum absolute atomic E-state index is 0.205. The second kappa shape index (κ2) is 5.60. The number of phenols is 1. The lowest BCUT2D eigenvalue weighted by molar-refractivity contribution is -0.120. The summed E-state index contributed by atoms with van der Waals surface area (Å²) in [6.45, 7) is 8.51. The first-order valence-corrected chi connectivity index (χ1v) is 6.88. The third-order valence-corrected chi connectivity index (χ3v) is 3.99. The van der Waals surface area contributed by atoms with Crippen molar-refractivity contribution in [2.75, 3.05) is 0 Å². The summed E-state index contributed by atoms with van der Waals surface area (Å²) in [5, 5.41) is 9.67. The predicted molar refractivity (Wildman–Crippen MR) is 82.8 cm³/mol. The highest BCUT2D eigenvalue weighted by atomic mass is 16.5. The van der Waals surface area contributed by atoms with Gasteiger partial charge in [-0.15, -0.1) is 0 Å². The fraction of sp³-hybridized carbons (Fsp3) is 0.278. The summed E-state index contributed by atoms with van der Waals surface area (Å²) in [5.74, 6) is 0.881. The molecule has 0 fully saturated rings. The van der Waals surface area contributed by atoms with Crippen LogP contribution in [0.25, 0.3) is 0 Å². The normalized spacial score (nSPS) is 11.2. The van der Waals surface area contributed by atoms with Gasteiger partial charge >= 0.3 is 0 Å². The molecule has 0 aliphatic heterocycles. The summed E-state index contributed by atoms with van der Waals surface area (Å²) in [6, 6.07) is 11.5. The van der Waals surface area contributed by atoms with Crippen LogP contribution < -0.4 is 4.74 Å². The van der Waals surface area contributed by atoms with E-state index in [2.05, 4.69) is 13.8 Å². The summed E-state index contributed by atoms with van der Waals surface area (Å²) in [4.78, 5) is 10.5. The first kappa shape index (κ1) is 15.1. The number of rotatable bonds is 4. The number of benzene rings is 2. The number of phenolic OH excluding ortho intramolecular Hbond substituents is 1. The van der Waals surface area contributed by atoms with Crippen LogP contribution in [0.5, 0.6) is 11.5 Å². The van der Waals surface area contributed by atoms with Gasteiger partial charge in [-0.05, 0) is 48.2 Å². The number of carbonyl (C=O) groups is 1. The molecule has 0 aromatic heterocycles. The molecule has 0 aliphatic rings. The Morgan fingerprint density at radius 1 is 1.00 bits per heavy atom. The SMILES string of the molecule is Cc1cc(C(C)(C)c2ccc(OC=O)c(C)c2)ccc1O. The molecule has 2 rings (SSSR count). The van der Waals surface area contributed by atoms with E-state index in [1.165, 1.54) is 0 Å². The van der Waals surface area contributed by atoms with E-state index >= 15 is 0 Å². The largest absolute Gasteiger partial charge is 0.508 e. The average Bonchev–Trinajstić information content (AvgIpc) is 2.44. The van der Waals surface area contributed by atoms with Gasteiger partial charge in [-0.2, -0.15) is 0 Å². The highest BCUT2D eigenvalue weighted by molar-refractivity contribution is 5.51. The zero-order valence-electron chi connectivity index (χ0n) is 12.8. The Kier molecular flexibility index (Phi) is 4.03. The second-order valence-electron chi connectivity index (χ2n) is 5.82. The van der Waals surface area contributed by atoms with Crippen LogP contribution in [0.2, 0.25) is 0 Å². The summed E-state index contributed by atoms with van der Waals surface area (Å²) >= 11 is 0. The minimum Gasteiger partial charge on any atom is -0.508 e. The van der Waals surface area contributed by atoms with Crippen molar-refractivity contribution in [2.24, 2.45) is 0 Å². The first-order valence-electron chi connectivity index (χ1n) is 6.88. The third-order valence-electron chi connectivity index (χ3n) is 3.99. The number of aromatic hydroxyl groups is 1. The lowest BCUT2D eigenvalue weighted by Gasteiger charge is -2.27. The van der Waals surface area contributed by atoms with Gasteiger partial charge < -0.3 is 9.84 Å². The maximum absolute atomic E-state index is 10.5. The Morgan fingerprint density at radius 3 is 2.10 bits per heavy atom. The lowest BCUT2D eigenvalue weighted by Crippen LogP contribution is -2.19. The van der Waals surface area contributed by atoms with Gasteiger partial charge in [0, 0.05) is 5.41 Å². The molecule has 0 bridgehead atoms. The molecule has 0 aliphatic carbocycles. The van der Waals surface area contributed by atoms with Gasteiger partial charge in [-0.3, -0.25) is 4.79 Å². The molecule has 0 saturated carbocycles. The van der Waals surface area contributed by atoms with Gasteiger partial charge in [0.25, 0.3) is 6.47 Å². The Hall–Kier alpha value is -2.29. The summed E-state index contributed by atoms with van der Waals surface area (Å²) in [7, 11) is 0. The van der Waals surface area contributed by atoms with Gasteiger partial charge in [0.05, 0.1) is 0 Å². The number of carbonyl (C=O) groups excluding carboxylic acids is 1. The zero-order valence-corrected chi connectivity index (χ0v) is 12.8. The standard InChI is InChI=1S/C18H20O3/c1-12-9-14(5-7-16(12)20)18(3,4)15-6-8-17(21-11-19)13(2)10-15/h5-11,20H,1-4H3. The molecule has 0 radical (unpaired) electrons. The molecule has 21 heavy (non-hydrogen) atoms. The summed E-state index contributed by atoms with van der Waals surface area (Å²) in [5.41, 5.74) is 3.83. The molecule has 2 aromatic carbocycles. The smallest absolute Gasteiger partial charge is 0.298 e. The number of aryl methyl sites for hydroxylation is 2. The molecular formula is C18H20O3. The second-order valence-corrected chi connectivity index (χ2v) is 5.82. The molecule has 110 valence electrons. The zero-order chi connectivity index (χ0) is 15.6. The monoisotopic (exact) mass is 284 g/mol. The van der Waals surface area contributed by atoms with Crippen LogP contribution in [0.3, 0.4) is 0 Å². The van der Waals surface area contributed by atoms with Crippen molar-refractivity contribution in [3.8, 4) is 11.5 Å². The van der Waals surface area contributed by atoms with Crippen LogP contribution in [-0.4, -0.2) is 11.6 Å². The highest BCUT2D eigenvalue weighted by Gasteiger charge is 2.24. The van der Waals surface area contributed by atoms with Crippen LogP contribution in [0, 0.1) is 13.8 Å².